The van der Waals surface area contributed by atoms with Gasteiger partial charge in [-0.2, -0.15) is 5.26 Å². The summed E-state index contributed by atoms with van der Waals surface area (Å²) in [6.45, 7) is 3.88. The van der Waals surface area contributed by atoms with Gasteiger partial charge in [0.05, 0.1) is 12.2 Å². The van der Waals surface area contributed by atoms with Gasteiger partial charge in [-0.15, -0.1) is 0 Å². The minimum absolute atomic E-state index is 0.523. The summed E-state index contributed by atoms with van der Waals surface area (Å²) in [4.78, 5) is 2.38. The summed E-state index contributed by atoms with van der Waals surface area (Å²) < 4.78 is 6.07. The largest absolute Gasteiger partial charge is 0.383 e. The van der Waals surface area contributed by atoms with Gasteiger partial charge in [-0.25, -0.2) is 0 Å². The maximum Gasteiger partial charge on any atom is 0.100 e. The molecule has 3 nitrogen and oxygen atoms in total. The van der Waals surface area contributed by atoms with E-state index >= 15 is 0 Å². The molecule has 1 fully saturated rings. The van der Waals surface area contributed by atoms with Crippen molar-refractivity contribution < 1.29 is 4.74 Å². The Balaban J connectivity index is 2.21. The predicted molar refractivity (Wildman–Crippen MR) is 80.3 cm³/mol. The molecule has 0 heterocycles. The molecule has 102 valence electrons. The van der Waals surface area contributed by atoms with Crippen LogP contribution in [0.4, 0.5) is 5.69 Å². The second-order valence-electron chi connectivity index (χ2n) is 5.04. The Bertz CT molecular complexity index is 480. The van der Waals surface area contributed by atoms with E-state index in [1.807, 2.05) is 18.2 Å². The molecule has 0 aromatic heterocycles. The Morgan fingerprint density at radius 2 is 2.26 bits per heavy atom. The van der Waals surface area contributed by atoms with Crippen LogP contribution in [0.25, 0.3) is 0 Å². The summed E-state index contributed by atoms with van der Waals surface area (Å²) in [6, 6.07) is 8.64. The lowest BCUT2D eigenvalue weighted by molar-refractivity contribution is 0.202. The first-order valence-electron chi connectivity index (χ1n) is 6.62. The highest BCUT2D eigenvalue weighted by Gasteiger charge is 2.32. The molecule has 0 aliphatic heterocycles. The SMILES string of the molecule is COCCN(c1ccc(C#N)c(Br)c1)C(C)C1CC1. The third kappa shape index (κ3) is 3.49. The fourth-order valence-electron chi connectivity index (χ4n) is 2.36. The molecule has 4 heteroatoms. The molecule has 19 heavy (non-hydrogen) atoms. The van der Waals surface area contributed by atoms with Crippen LogP contribution in [0, 0.1) is 17.2 Å². The fraction of sp³-hybridized carbons (Fsp3) is 0.533. The molecule has 0 bridgehead atoms. The minimum Gasteiger partial charge on any atom is -0.383 e. The van der Waals surface area contributed by atoms with Crippen molar-refractivity contribution in [3.63, 3.8) is 0 Å². The van der Waals surface area contributed by atoms with Crippen LogP contribution < -0.4 is 4.90 Å². The van der Waals surface area contributed by atoms with Gasteiger partial charge in [0, 0.05) is 29.9 Å². The Hall–Kier alpha value is -1.05. The van der Waals surface area contributed by atoms with Crippen LogP contribution in [-0.4, -0.2) is 26.3 Å². The van der Waals surface area contributed by atoms with E-state index in [2.05, 4.69) is 33.8 Å². The molecule has 1 aromatic carbocycles. The number of benzene rings is 1. The number of nitriles is 1. The van der Waals surface area contributed by atoms with Gasteiger partial charge in [-0.05, 0) is 59.8 Å². The number of nitrogens with zero attached hydrogens (tertiary/aromatic N) is 2. The van der Waals surface area contributed by atoms with E-state index in [0.717, 1.165) is 22.6 Å². The molecule has 1 aliphatic carbocycles. The van der Waals surface area contributed by atoms with E-state index in [-0.39, 0.29) is 0 Å². The number of hydrogen-bond acceptors (Lipinski definition) is 3. The lowest BCUT2D eigenvalue weighted by Crippen LogP contribution is -2.37. The first kappa shape index (κ1) is 14.4. The number of methoxy groups -OCH3 is 1. The van der Waals surface area contributed by atoms with Gasteiger partial charge in [0.2, 0.25) is 0 Å². The van der Waals surface area contributed by atoms with Crippen molar-refractivity contribution in [3.05, 3.63) is 28.2 Å². The molecule has 1 saturated carbocycles. The van der Waals surface area contributed by atoms with Crippen LogP contribution in [0.2, 0.25) is 0 Å². The standard InChI is InChI=1S/C15H19BrN2O/c1-11(12-3-4-12)18(7-8-19-2)14-6-5-13(10-17)15(16)9-14/h5-6,9,11-12H,3-4,7-8H2,1-2H3. The van der Waals surface area contributed by atoms with Crippen molar-refractivity contribution >= 4 is 21.6 Å². The topological polar surface area (TPSA) is 36.3 Å². The van der Waals surface area contributed by atoms with Crippen molar-refractivity contribution in [1.82, 2.24) is 0 Å². The Labute approximate surface area is 123 Å². The monoisotopic (exact) mass is 322 g/mol. The molecule has 0 N–H and O–H groups in total. The fourth-order valence-corrected chi connectivity index (χ4v) is 2.82. The van der Waals surface area contributed by atoms with Gasteiger partial charge in [0.15, 0.2) is 0 Å². The molecule has 1 aromatic rings. The normalized spacial score (nSPS) is 15.9. The Kier molecular flexibility index (Phi) is 4.84. The van der Waals surface area contributed by atoms with Gasteiger partial charge < -0.3 is 9.64 Å². The number of ether oxygens (including phenoxy) is 1. The van der Waals surface area contributed by atoms with E-state index in [4.69, 9.17) is 10.00 Å². The van der Waals surface area contributed by atoms with Crippen LogP contribution in [0.1, 0.15) is 25.3 Å². The Morgan fingerprint density at radius 1 is 1.53 bits per heavy atom. The number of hydrogen-bond donors (Lipinski definition) is 0. The van der Waals surface area contributed by atoms with Gasteiger partial charge in [-0.3, -0.25) is 0 Å². The molecule has 1 aliphatic rings. The average molecular weight is 323 g/mol. The van der Waals surface area contributed by atoms with E-state index in [9.17, 15) is 0 Å². The van der Waals surface area contributed by atoms with Gasteiger partial charge in [0.1, 0.15) is 6.07 Å². The summed E-state index contributed by atoms with van der Waals surface area (Å²) in [5.74, 6) is 0.797. The smallest absolute Gasteiger partial charge is 0.100 e. The number of halogens is 1. The van der Waals surface area contributed by atoms with E-state index in [0.29, 0.717) is 18.2 Å². The van der Waals surface area contributed by atoms with Crippen LogP contribution in [0.5, 0.6) is 0 Å². The highest BCUT2D eigenvalue weighted by atomic mass is 79.9. The highest BCUT2D eigenvalue weighted by Crippen LogP contribution is 2.37. The summed E-state index contributed by atoms with van der Waals surface area (Å²) in [5.41, 5.74) is 1.83. The van der Waals surface area contributed by atoms with Crippen molar-refractivity contribution in [2.75, 3.05) is 25.2 Å². The van der Waals surface area contributed by atoms with Gasteiger partial charge in [0.25, 0.3) is 0 Å². The Morgan fingerprint density at radius 3 is 2.79 bits per heavy atom. The predicted octanol–water partition coefficient (Wildman–Crippen LogP) is 3.57. The minimum atomic E-state index is 0.523. The van der Waals surface area contributed by atoms with Crippen LogP contribution >= 0.6 is 15.9 Å². The quantitative estimate of drug-likeness (QED) is 0.803. The zero-order chi connectivity index (χ0) is 13.8. The van der Waals surface area contributed by atoms with Crippen LogP contribution in [0.3, 0.4) is 0 Å². The van der Waals surface area contributed by atoms with E-state index in [1.165, 1.54) is 12.8 Å². The van der Waals surface area contributed by atoms with E-state index in [1.54, 1.807) is 7.11 Å². The zero-order valence-electron chi connectivity index (χ0n) is 11.4. The maximum atomic E-state index is 8.98. The van der Waals surface area contributed by atoms with Crippen LogP contribution in [0.15, 0.2) is 22.7 Å². The third-order valence-corrected chi connectivity index (χ3v) is 4.39. The molecule has 0 saturated heterocycles. The molecule has 0 spiro atoms. The summed E-state index contributed by atoms with van der Waals surface area (Å²) in [6.07, 6.45) is 2.64. The van der Waals surface area contributed by atoms with Crippen molar-refractivity contribution in [1.29, 1.82) is 5.26 Å². The molecule has 1 unspecified atom stereocenters. The maximum absolute atomic E-state index is 8.98. The first-order valence-corrected chi connectivity index (χ1v) is 7.42. The number of anilines is 1. The summed E-state index contributed by atoms with van der Waals surface area (Å²) in [7, 11) is 1.73. The van der Waals surface area contributed by atoms with Crippen molar-refractivity contribution in [2.45, 2.75) is 25.8 Å². The van der Waals surface area contributed by atoms with Crippen molar-refractivity contribution in [3.8, 4) is 6.07 Å². The molecule has 1 atom stereocenters. The van der Waals surface area contributed by atoms with Gasteiger partial charge in [-0.1, -0.05) is 0 Å². The number of rotatable bonds is 6. The first-order chi connectivity index (χ1) is 9.17. The van der Waals surface area contributed by atoms with Crippen LogP contribution in [-0.2, 0) is 4.74 Å². The lowest BCUT2D eigenvalue weighted by atomic mass is 10.1. The second kappa shape index (κ2) is 6.40. The highest BCUT2D eigenvalue weighted by molar-refractivity contribution is 9.10. The zero-order valence-corrected chi connectivity index (χ0v) is 13.0. The van der Waals surface area contributed by atoms with Crippen molar-refractivity contribution in [2.24, 2.45) is 5.92 Å². The average Bonchev–Trinajstić information content (AvgIpc) is 3.23. The molecule has 2 rings (SSSR count). The summed E-state index contributed by atoms with van der Waals surface area (Å²) >= 11 is 3.47. The van der Waals surface area contributed by atoms with E-state index < -0.39 is 0 Å². The molecule has 0 radical (unpaired) electrons. The summed E-state index contributed by atoms with van der Waals surface area (Å²) in [5, 5.41) is 8.98. The second-order valence-corrected chi connectivity index (χ2v) is 5.89. The molecular weight excluding hydrogens is 304 g/mol. The molecule has 0 amide bonds. The van der Waals surface area contributed by atoms with Gasteiger partial charge >= 0.3 is 0 Å². The lowest BCUT2D eigenvalue weighted by Gasteiger charge is -2.31. The molecular formula is C15H19BrN2O. The third-order valence-electron chi connectivity index (χ3n) is 3.74.